The molecule has 0 aliphatic carbocycles. The number of ether oxygens (including phenoxy) is 1. The molecule has 0 unspecified atom stereocenters. The molecule has 14 heavy (non-hydrogen) atoms. The Bertz CT molecular complexity index is 260. The third-order valence-corrected chi connectivity index (χ3v) is 1.54. The zero-order chi connectivity index (χ0) is 10.2. The summed E-state index contributed by atoms with van der Waals surface area (Å²) in [5.74, 6) is -0.446. The van der Waals surface area contributed by atoms with Crippen molar-refractivity contribution in [2.45, 2.75) is 6.54 Å². The molecule has 6 heteroatoms. The van der Waals surface area contributed by atoms with Crippen LogP contribution in [0.3, 0.4) is 0 Å². The Labute approximate surface area is 81.8 Å². The van der Waals surface area contributed by atoms with Crippen LogP contribution < -0.4 is 11.1 Å². The van der Waals surface area contributed by atoms with Gasteiger partial charge in [0.2, 0.25) is 5.91 Å². The van der Waals surface area contributed by atoms with E-state index in [4.69, 9.17) is 10.5 Å². The Morgan fingerprint density at radius 3 is 3.21 bits per heavy atom. The number of imidazole rings is 1. The number of H-pyrrole nitrogens is 1. The van der Waals surface area contributed by atoms with E-state index in [-0.39, 0.29) is 6.61 Å². The Morgan fingerprint density at radius 1 is 1.71 bits per heavy atom. The van der Waals surface area contributed by atoms with Crippen molar-refractivity contribution in [3.63, 3.8) is 0 Å². The minimum Gasteiger partial charge on any atom is -0.370 e. The number of carbonyl (C=O) groups is 1. The average molecular weight is 198 g/mol. The van der Waals surface area contributed by atoms with Gasteiger partial charge in [0.15, 0.2) is 0 Å². The van der Waals surface area contributed by atoms with Crippen LogP contribution in [0.25, 0.3) is 0 Å². The summed E-state index contributed by atoms with van der Waals surface area (Å²) in [4.78, 5) is 17.1. The maximum Gasteiger partial charge on any atom is 0.243 e. The first-order chi connectivity index (χ1) is 6.79. The molecule has 4 N–H and O–H groups in total. The zero-order valence-corrected chi connectivity index (χ0v) is 7.82. The van der Waals surface area contributed by atoms with Crippen LogP contribution in [0.2, 0.25) is 0 Å². The normalized spacial score (nSPS) is 10.3. The summed E-state index contributed by atoms with van der Waals surface area (Å²) >= 11 is 0. The number of aromatic nitrogens is 2. The second-order valence-electron chi connectivity index (χ2n) is 2.77. The van der Waals surface area contributed by atoms with Gasteiger partial charge in [-0.25, -0.2) is 4.98 Å². The van der Waals surface area contributed by atoms with E-state index in [1.54, 1.807) is 12.5 Å². The first-order valence-corrected chi connectivity index (χ1v) is 4.33. The molecular weight excluding hydrogens is 184 g/mol. The van der Waals surface area contributed by atoms with Crippen LogP contribution in [0, 0.1) is 0 Å². The van der Waals surface area contributed by atoms with E-state index >= 15 is 0 Å². The fraction of sp³-hybridized carbons (Fsp3) is 0.500. The molecule has 0 radical (unpaired) electrons. The van der Waals surface area contributed by atoms with Crippen LogP contribution in [0.1, 0.15) is 5.69 Å². The van der Waals surface area contributed by atoms with Gasteiger partial charge >= 0.3 is 0 Å². The third kappa shape index (κ3) is 4.58. The van der Waals surface area contributed by atoms with E-state index in [9.17, 15) is 4.79 Å². The fourth-order valence-electron chi connectivity index (χ4n) is 0.922. The second kappa shape index (κ2) is 6.11. The van der Waals surface area contributed by atoms with Gasteiger partial charge in [0.05, 0.1) is 12.9 Å². The summed E-state index contributed by atoms with van der Waals surface area (Å²) in [6.07, 6.45) is 3.37. The van der Waals surface area contributed by atoms with Crippen LogP contribution in [0.5, 0.6) is 0 Å². The quantitative estimate of drug-likeness (QED) is 0.490. The topological polar surface area (TPSA) is 93.0 Å². The van der Waals surface area contributed by atoms with E-state index in [0.29, 0.717) is 19.7 Å². The number of nitrogens with one attached hydrogen (secondary N) is 2. The monoisotopic (exact) mass is 198 g/mol. The zero-order valence-electron chi connectivity index (χ0n) is 7.82. The maximum absolute atomic E-state index is 10.3. The number of hydrogen-bond donors (Lipinski definition) is 3. The summed E-state index contributed by atoms with van der Waals surface area (Å²) in [5.41, 5.74) is 5.90. The van der Waals surface area contributed by atoms with Gasteiger partial charge < -0.3 is 20.8 Å². The van der Waals surface area contributed by atoms with E-state index in [1.165, 1.54) is 0 Å². The summed E-state index contributed by atoms with van der Waals surface area (Å²) in [7, 11) is 0. The number of hydrogen-bond acceptors (Lipinski definition) is 4. The van der Waals surface area contributed by atoms with Gasteiger partial charge in [-0.1, -0.05) is 0 Å². The van der Waals surface area contributed by atoms with Gasteiger partial charge in [-0.3, -0.25) is 4.79 Å². The third-order valence-electron chi connectivity index (χ3n) is 1.54. The molecule has 0 saturated heterocycles. The molecule has 0 saturated carbocycles. The Kier molecular flexibility index (Phi) is 4.66. The van der Waals surface area contributed by atoms with Gasteiger partial charge in [-0.05, 0) is 0 Å². The molecular formula is C8H14N4O2. The number of carbonyl (C=O) groups excluding carboxylic acids is 1. The molecule has 0 aromatic carbocycles. The highest BCUT2D eigenvalue weighted by atomic mass is 16.5. The minimum absolute atomic E-state index is 0.0221. The summed E-state index contributed by atoms with van der Waals surface area (Å²) in [6, 6.07) is 0. The van der Waals surface area contributed by atoms with E-state index < -0.39 is 5.91 Å². The molecule has 1 amide bonds. The van der Waals surface area contributed by atoms with E-state index in [1.807, 2.05) is 0 Å². The van der Waals surface area contributed by atoms with Crippen LogP contribution >= 0.6 is 0 Å². The highest BCUT2D eigenvalue weighted by Crippen LogP contribution is 1.88. The van der Waals surface area contributed by atoms with Crippen molar-refractivity contribution in [3.8, 4) is 0 Å². The van der Waals surface area contributed by atoms with Crippen LogP contribution in [0.15, 0.2) is 12.5 Å². The first-order valence-electron chi connectivity index (χ1n) is 4.33. The van der Waals surface area contributed by atoms with Gasteiger partial charge in [0.1, 0.15) is 6.61 Å². The predicted molar refractivity (Wildman–Crippen MR) is 50.3 cm³/mol. The van der Waals surface area contributed by atoms with Crippen molar-refractivity contribution in [1.82, 2.24) is 15.3 Å². The lowest BCUT2D eigenvalue weighted by Crippen LogP contribution is -2.23. The number of nitrogens with two attached hydrogens (primary N) is 1. The van der Waals surface area contributed by atoms with Crippen molar-refractivity contribution >= 4 is 5.91 Å². The molecule has 0 aliphatic rings. The first kappa shape index (κ1) is 10.7. The smallest absolute Gasteiger partial charge is 0.243 e. The van der Waals surface area contributed by atoms with Crippen molar-refractivity contribution in [2.24, 2.45) is 5.73 Å². The van der Waals surface area contributed by atoms with Gasteiger partial charge in [0.25, 0.3) is 0 Å². The lowest BCUT2D eigenvalue weighted by molar-refractivity contribution is -0.122. The lowest BCUT2D eigenvalue weighted by Gasteiger charge is -2.02. The number of amides is 1. The SMILES string of the molecule is NC(=O)COCCNCc1cnc[nH]1. The Morgan fingerprint density at radius 2 is 2.57 bits per heavy atom. The summed E-state index contributed by atoms with van der Waals surface area (Å²) < 4.78 is 4.95. The van der Waals surface area contributed by atoms with Crippen molar-refractivity contribution in [3.05, 3.63) is 18.2 Å². The van der Waals surface area contributed by atoms with Gasteiger partial charge in [-0.2, -0.15) is 0 Å². The van der Waals surface area contributed by atoms with Crippen LogP contribution in [0.4, 0.5) is 0 Å². The number of aromatic amines is 1. The highest BCUT2D eigenvalue weighted by Gasteiger charge is 1.94. The Hall–Kier alpha value is -1.40. The number of rotatable bonds is 7. The summed E-state index contributed by atoms with van der Waals surface area (Å²) in [5, 5.41) is 3.11. The number of nitrogens with zero attached hydrogens (tertiary/aromatic N) is 1. The highest BCUT2D eigenvalue weighted by molar-refractivity contribution is 5.74. The molecule has 1 rings (SSSR count). The second-order valence-corrected chi connectivity index (χ2v) is 2.77. The Balaban J connectivity index is 1.92. The molecule has 0 spiro atoms. The van der Waals surface area contributed by atoms with E-state index in [2.05, 4.69) is 15.3 Å². The predicted octanol–water partition coefficient (Wildman–Crippen LogP) is -0.999. The fourth-order valence-corrected chi connectivity index (χ4v) is 0.922. The molecule has 6 nitrogen and oxygen atoms in total. The van der Waals surface area contributed by atoms with Crippen LogP contribution in [-0.4, -0.2) is 35.6 Å². The van der Waals surface area contributed by atoms with Crippen molar-refractivity contribution < 1.29 is 9.53 Å². The van der Waals surface area contributed by atoms with Gasteiger partial charge in [-0.15, -0.1) is 0 Å². The molecule has 0 bridgehead atoms. The molecule has 0 fully saturated rings. The molecule has 0 aliphatic heterocycles. The van der Waals surface area contributed by atoms with Crippen molar-refractivity contribution in [2.75, 3.05) is 19.8 Å². The molecule has 1 heterocycles. The molecule has 1 aromatic rings. The number of primary amides is 1. The van der Waals surface area contributed by atoms with Gasteiger partial charge in [0, 0.05) is 25.0 Å². The van der Waals surface area contributed by atoms with E-state index in [0.717, 1.165) is 5.69 Å². The van der Waals surface area contributed by atoms with Crippen molar-refractivity contribution in [1.29, 1.82) is 0 Å². The summed E-state index contributed by atoms with van der Waals surface area (Å²) in [6.45, 7) is 1.83. The molecule has 0 atom stereocenters. The molecule has 1 aromatic heterocycles. The maximum atomic E-state index is 10.3. The lowest BCUT2D eigenvalue weighted by atomic mass is 10.4. The minimum atomic E-state index is -0.446. The van der Waals surface area contributed by atoms with Crippen LogP contribution in [-0.2, 0) is 16.1 Å². The standard InChI is InChI=1S/C8H14N4O2/c9-8(13)5-14-2-1-10-3-7-4-11-6-12-7/h4,6,10H,1-3,5H2,(H2,9,13)(H,11,12). The molecule has 78 valence electrons. The largest absolute Gasteiger partial charge is 0.370 e. The average Bonchev–Trinajstić information content (AvgIpc) is 2.63.